The van der Waals surface area contributed by atoms with Crippen LogP contribution < -0.4 is 10.6 Å². The molecule has 0 radical (unpaired) electrons. The summed E-state index contributed by atoms with van der Waals surface area (Å²) in [5.74, 6) is -0.960. The molecule has 2 N–H and O–H groups in total. The fourth-order valence-corrected chi connectivity index (χ4v) is 4.68. The molecule has 220 valence electrons. The summed E-state index contributed by atoms with van der Waals surface area (Å²) in [6.07, 6.45) is 1.87. The summed E-state index contributed by atoms with van der Waals surface area (Å²) in [5.41, 5.74) is 3.39. The summed E-state index contributed by atoms with van der Waals surface area (Å²) in [6, 6.07) is 9.38. The molecule has 2 rings (SSSR count). The lowest BCUT2D eigenvalue weighted by atomic mass is 9.96. The van der Waals surface area contributed by atoms with Gasteiger partial charge in [0.1, 0.15) is 17.7 Å². The number of anilines is 1. The number of benzene rings is 2. The maximum absolute atomic E-state index is 14.3. The molecule has 0 aliphatic carbocycles. The smallest absolute Gasteiger partial charge is 0.408 e. The summed E-state index contributed by atoms with van der Waals surface area (Å²) in [5, 5.41) is 6.19. The summed E-state index contributed by atoms with van der Waals surface area (Å²) in [7, 11) is 0. The third-order valence-corrected chi connectivity index (χ3v) is 7.08. The molecule has 0 heterocycles. The first-order chi connectivity index (χ1) is 18.7. The number of alkyl carbamates (subject to hydrolysis) is 1. The van der Waals surface area contributed by atoms with Crippen molar-refractivity contribution in [1.82, 2.24) is 10.2 Å². The molecule has 3 amide bonds. The lowest BCUT2D eigenvalue weighted by Gasteiger charge is -2.36. The number of nitrogens with one attached hydrogen (secondary N) is 2. The van der Waals surface area contributed by atoms with Gasteiger partial charge in [-0.3, -0.25) is 9.59 Å². The Morgan fingerprint density at radius 3 is 2.20 bits per heavy atom. The van der Waals surface area contributed by atoms with Crippen LogP contribution in [0.2, 0.25) is 5.02 Å². The number of para-hydroxylation sites is 1. The highest BCUT2D eigenvalue weighted by Crippen LogP contribution is 2.31. The van der Waals surface area contributed by atoms with E-state index >= 15 is 0 Å². The number of ether oxygens (including phenoxy) is 1. The van der Waals surface area contributed by atoms with Crippen LogP contribution in [0.15, 0.2) is 36.4 Å². The number of carbonyl (C=O) groups is 3. The Balaban J connectivity index is 2.61. The standard InChI is InChI=1S/C32H46ClN3O4/c1-10-11-12-18-36(30(38)26(20(2)3)35-31(39)40-32(7,8)9)28(24-17-16-21(4)23(6)19-24)29(37)34-27-22(5)14-13-15-25(27)33/h13-17,19-20,26,28H,10-12,18H2,1-9H3,(H,34,37)(H,35,39). The molecule has 0 bridgehead atoms. The predicted molar refractivity (Wildman–Crippen MR) is 163 cm³/mol. The van der Waals surface area contributed by atoms with Crippen molar-refractivity contribution in [2.45, 2.75) is 99.3 Å². The molecular formula is C32H46ClN3O4. The average Bonchev–Trinajstić information content (AvgIpc) is 2.84. The number of rotatable bonds is 11. The minimum absolute atomic E-state index is 0.247. The summed E-state index contributed by atoms with van der Waals surface area (Å²) in [6.45, 7) is 17.3. The molecule has 2 unspecified atom stereocenters. The van der Waals surface area contributed by atoms with Crippen molar-refractivity contribution in [3.8, 4) is 0 Å². The van der Waals surface area contributed by atoms with Crippen molar-refractivity contribution < 1.29 is 19.1 Å². The Hall–Kier alpha value is -3.06. The van der Waals surface area contributed by atoms with Gasteiger partial charge in [0.15, 0.2) is 0 Å². The molecule has 2 aromatic rings. The second kappa shape index (κ2) is 14.5. The lowest BCUT2D eigenvalue weighted by Crippen LogP contribution is -2.54. The van der Waals surface area contributed by atoms with Crippen LogP contribution in [0, 0.1) is 26.7 Å². The largest absolute Gasteiger partial charge is 0.444 e. The Morgan fingerprint density at radius 2 is 1.65 bits per heavy atom. The molecular weight excluding hydrogens is 526 g/mol. The highest BCUT2D eigenvalue weighted by Gasteiger charge is 2.37. The van der Waals surface area contributed by atoms with Gasteiger partial charge >= 0.3 is 6.09 Å². The molecule has 0 saturated heterocycles. The third-order valence-electron chi connectivity index (χ3n) is 6.77. The van der Waals surface area contributed by atoms with Crippen molar-refractivity contribution in [2.24, 2.45) is 5.92 Å². The maximum atomic E-state index is 14.3. The first-order valence-corrected chi connectivity index (χ1v) is 14.5. The minimum atomic E-state index is -0.944. The van der Waals surface area contributed by atoms with E-state index in [1.165, 1.54) is 0 Å². The fourth-order valence-electron chi connectivity index (χ4n) is 4.41. The molecule has 0 aliphatic rings. The Labute approximate surface area is 245 Å². The van der Waals surface area contributed by atoms with Gasteiger partial charge in [-0.25, -0.2) is 4.79 Å². The molecule has 0 fully saturated rings. The Bertz CT molecular complexity index is 1170. The zero-order valence-electron chi connectivity index (χ0n) is 25.5. The molecule has 0 saturated carbocycles. The van der Waals surface area contributed by atoms with Gasteiger partial charge in [0.2, 0.25) is 5.91 Å². The molecule has 2 aromatic carbocycles. The molecule has 7 nitrogen and oxygen atoms in total. The van der Waals surface area contributed by atoms with Gasteiger partial charge in [-0.05, 0) is 82.2 Å². The van der Waals surface area contributed by atoms with Crippen LogP contribution in [0.5, 0.6) is 0 Å². The normalized spacial score (nSPS) is 13.0. The van der Waals surface area contributed by atoms with Crippen LogP contribution in [-0.2, 0) is 14.3 Å². The van der Waals surface area contributed by atoms with Gasteiger partial charge in [-0.1, -0.05) is 75.5 Å². The maximum Gasteiger partial charge on any atom is 0.408 e. The zero-order chi connectivity index (χ0) is 30.2. The fraction of sp³-hybridized carbons (Fsp3) is 0.531. The van der Waals surface area contributed by atoms with E-state index in [1.807, 2.05) is 65.0 Å². The first-order valence-electron chi connectivity index (χ1n) is 14.1. The predicted octanol–water partition coefficient (Wildman–Crippen LogP) is 7.51. The highest BCUT2D eigenvalue weighted by atomic mass is 35.5. The molecule has 0 aromatic heterocycles. The summed E-state index contributed by atoms with van der Waals surface area (Å²) < 4.78 is 5.46. The number of carbonyl (C=O) groups excluding carboxylic acids is 3. The van der Waals surface area contributed by atoms with Gasteiger partial charge in [-0.2, -0.15) is 0 Å². The van der Waals surface area contributed by atoms with Crippen LogP contribution in [-0.4, -0.2) is 41.0 Å². The van der Waals surface area contributed by atoms with E-state index in [9.17, 15) is 14.4 Å². The molecule has 0 aliphatic heterocycles. The Kier molecular flexibility index (Phi) is 12.0. The van der Waals surface area contributed by atoms with Crippen LogP contribution in [0.1, 0.15) is 89.1 Å². The molecule has 8 heteroatoms. The van der Waals surface area contributed by atoms with Gasteiger partial charge in [-0.15, -0.1) is 0 Å². The van der Waals surface area contributed by atoms with Crippen molar-refractivity contribution in [3.63, 3.8) is 0 Å². The second-order valence-corrected chi connectivity index (χ2v) is 12.2. The number of nitrogens with zero attached hydrogens (tertiary/aromatic N) is 1. The number of hydrogen-bond acceptors (Lipinski definition) is 4. The SMILES string of the molecule is CCCCCN(C(=O)C(NC(=O)OC(C)(C)C)C(C)C)C(C(=O)Nc1c(C)cccc1Cl)c1ccc(C)c(C)c1. The van der Waals surface area contributed by atoms with Crippen molar-refractivity contribution >= 4 is 35.2 Å². The van der Waals surface area contributed by atoms with E-state index in [1.54, 1.807) is 31.7 Å². The summed E-state index contributed by atoms with van der Waals surface area (Å²) >= 11 is 6.46. The van der Waals surface area contributed by atoms with E-state index in [2.05, 4.69) is 17.6 Å². The van der Waals surface area contributed by atoms with E-state index in [4.69, 9.17) is 16.3 Å². The van der Waals surface area contributed by atoms with Gasteiger partial charge in [0.05, 0.1) is 10.7 Å². The van der Waals surface area contributed by atoms with Crippen molar-refractivity contribution in [2.75, 3.05) is 11.9 Å². The zero-order valence-corrected chi connectivity index (χ0v) is 26.2. The third kappa shape index (κ3) is 9.26. The number of halogens is 1. The minimum Gasteiger partial charge on any atom is -0.444 e. The van der Waals surface area contributed by atoms with Crippen molar-refractivity contribution in [3.05, 3.63) is 63.7 Å². The highest BCUT2D eigenvalue weighted by molar-refractivity contribution is 6.34. The number of unbranched alkanes of at least 4 members (excludes halogenated alkanes) is 2. The molecule has 2 atom stereocenters. The van der Waals surface area contributed by atoms with Gasteiger partial charge in [0, 0.05) is 6.54 Å². The van der Waals surface area contributed by atoms with Crippen LogP contribution in [0.4, 0.5) is 10.5 Å². The Morgan fingerprint density at radius 1 is 0.975 bits per heavy atom. The number of amides is 3. The second-order valence-electron chi connectivity index (χ2n) is 11.8. The van der Waals surface area contributed by atoms with E-state index in [0.29, 0.717) is 29.2 Å². The number of aryl methyl sites for hydroxylation is 3. The quantitative estimate of drug-likeness (QED) is 0.273. The average molecular weight is 572 g/mol. The monoisotopic (exact) mass is 571 g/mol. The van der Waals surface area contributed by atoms with Gasteiger partial charge < -0.3 is 20.3 Å². The number of hydrogen-bond donors (Lipinski definition) is 2. The summed E-state index contributed by atoms with van der Waals surface area (Å²) in [4.78, 5) is 42.7. The molecule has 40 heavy (non-hydrogen) atoms. The first kappa shape index (κ1) is 33.1. The van der Waals surface area contributed by atoms with E-state index in [-0.39, 0.29) is 17.7 Å². The van der Waals surface area contributed by atoms with E-state index in [0.717, 1.165) is 29.5 Å². The van der Waals surface area contributed by atoms with E-state index < -0.39 is 23.8 Å². The van der Waals surface area contributed by atoms with Crippen LogP contribution in [0.25, 0.3) is 0 Å². The lowest BCUT2D eigenvalue weighted by molar-refractivity contribution is -0.141. The van der Waals surface area contributed by atoms with Crippen LogP contribution in [0.3, 0.4) is 0 Å². The molecule has 0 spiro atoms. The topological polar surface area (TPSA) is 87.7 Å². The van der Waals surface area contributed by atoms with Gasteiger partial charge in [0.25, 0.3) is 5.91 Å². The van der Waals surface area contributed by atoms with Crippen molar-refractivity contribution in [1.29, 1.82) is 0 Å². The van der Waals surface area contributed by atoms with Crippen LogP contribution >= 0.6 is 11.6 Å².